The second kappa shape index (κ2) is 6.49. The van der Waals surface area contributed by atoms with Gasteiger partial charge >= 0.3 is 0 Å². The Hall–Kier alpha value is -1.22. The van der Waals surface area contributed by atoms with Crippen molar-refractivity contribution in [2.75, 3.05) is 6.54 Å². The predicted octanol–water partition coefficient (Wildman–Crippen LogP) is 1.22. The number of fused-ring (bicyclic) bond motifs is 1. The summed E-state index contributed by atoms with van der Waals surface area (Å²) in [6.45, 7) is 2.22. The Morgan fingerprint density at radius 1 is 1.50 bits per heavy atom. The van der Waals surface area contributed by atoms with Crippen LogP contribution in [-0.4, -0.2) is 31.1 Å². The predicted molar refractivity (Wildman–Crippen MR) is 84.3 cm³/mol. The zero-order chi connectivity index (χ0) is 15.0. The van der Waals surface area contributed by atoms with Crippen LogP contribution in [0.4, 0.5) is 0 Å². The van der Waals surface area contributed by atoms with Crippen molar-refractivity contribution in [1.29, 1.82) is 0 Å². The molecule has 1 saturated carbocycles. The van der Waals surface area contributed by atoms with Crippen molar-refractivity contribution in [3.05, 3.63) is 18.0 Å². The average Bonchev–Trinajstić information content (AvgIpc) is 3.24. The summed E-state index contributed by atoms with van der Waals surface area (Å²) in [6, 6.07) is 1.35. The van der Waals surface area contributed by atoms with Crippen LogP contribution in [0.5, 0.6) is 0 Å². The van der Waals surface area contributed by atoms with Gasteiger partial charge in [-0.15, -0.1) is 12.4 Å². The lowest BCUT2D eigenvalue weighted by Gasteiger charge is -2.15. The van der Waals surface area contributed by atoms with Crippen molar-refractivity contribution in [3.63, 3.8) is 0 Å². The van der Waals surface area contributed by atoms with Crippen LogP contribution in [0.25, 0.3) is 11.1 Å². The second-order valence-electron chi connectivity index (χ2n) is 5.31. The number of sulfonamides is 1. The molecule has 2 aromatic heterocycles. The van der Waals surface area contributed by atoms with E-state index in [1.54, 1.807) is 6.07 Å². The number of hydrogen-bond donors (Lipinski definition) is 2. The van der Waals surface area contributed by atoms with Gasteiger partial charge in [0.15, 0.2) is 0 Å². The molecule has 22 heavy (non-hydrogen) atoms. The van der Waals surface area contributed by atoms with E-state index in [4.69, 9.17) is 10.3 Å². The third-order valence-electron chi connectivity index (χ3n) is 3.78. The smallest absolute Gasteiger partial charge is 0.258 e. The highest BCUT2D eigenvalue weighted by atomic mass is 35.5. The van der Waals surface area contributed by atoms with Crippen LogP contribution in [0.3, 0.4) is 0 Å². The standard InChI is InChI=1S/C13H18N4O3S.ClH/c1-2-11-10-5-9(7-15-13(10)20-16-11)21(18,19)17-12(6-14)8-3-4-8;/h5,7-8,12,17H,2-4,6,14H2,1H3;1H. The molecule has 0 aliphatic heterocycles. The fourth-order valence-corrected chi connectivity index (χ4v) is 3.65. The van der Waals surface area contributed by atoms with Gasteiger partial charge in [-0.2, -0.15) is 0 Å². The summed E-state index contributed by atoms with van der Waals surface area (Å²) in [7, 11) is -3.63. The van der Waals surface area contributed by atoms with Crippen molar-refractivity contribution in [2.24, 2.45) is 11.7 Å². The summed E-state index contributed by atoms with van der Waals surface area (Å²) >= 11 is 0. The van der Waals surface area contributed by atoms with Crippen LogP contribution in [0.1, 0.15) is 25.5 Å². The average molecular weight is 347 g/mol. The Morgan fingerprint density at radius 3 is 2.82 bits per heavy atom. The Labute approximate surface area is 135 Å². The van der Waals surface area contributed by atoms with Crippen molar-refractivity contribution >= 4 is 33.5 Å². The minimum Gasteiger partial charge on any atom is -0.336 e. The van der Waals surface area contributed by atoms with E-state index in [-0.39, 0.29) is 23.3 Å². The van der Waals surface area contributed by atoms with E-state index in [9.17, 15) is 8.42 Å². The first-order valence-electron chi connectivity index (χ1n) is 7.02. The number of rotatable bonds is 6. The van der Waals surface area contributed by atoms with Crippen LogP contribution in [-0.2, 0) is 16.4 Å². The normalized spacial score (nSPS) is 16.5. The SMILES string of the molecule is CCc1noc2ncc(S(=O)(=O)NC(CN)C3CC3)cc12.Cl. The molecular formula is C13H19ClN4O3S. The second-order valence-corrected chi connectivity index (χ2v) is 7.02. The molecule has 0 saturated heterocycles. The monoisotopic (exact) mass is 346 g/mol. The van der Waals surface area contributed by atoms with Crippen LogP contribution in [0.15, 0.2) is 21.7 Å². The molecule has 1 unspecified atom stereocenters. The molecule has 0 aromatic carbocycles. The van der Waals surface area contributed by atoms with Crippen molar-refractivity contribution in [2.45, 2.75) is 37.1 Å². The molecule has 1 fully saturated rings. The Morgan fingerprint density at radius 2 is 2.23 bits per heavy atom. The van der Waals surface area contributed by atoms with E-state index in [0.717, 1.165) is 12.8 Å². The maximum Gasteiger partial charge on any atom is 0.258 e. The highest BCUT2D eigenvalue weighted by molar-refractivity contribution is 7.89. The number of nitrogens with zero attached hydrogens (tertiary/aromatic N) is 2. The molecule has 3 N–H and O–H groups in total. The molecule has 2 heterocycles. The molecule has 2 aromatic rings. The molecular weight excluding hydrogens is 328 g/mol. The molecule has 1 aliphatic carbocycles. The maximum atomic E-state index is 12.4. The molecule has 0 bridgehead atoms. The molecule has 7 nitrogen and oxygen atoms in total. The lowest BCUT2D eigenvalue weighted by molar-refractivity contribution is 0.439. The third kappa shape index (κ3) is 3.24. The Balaban J connectivity index is 0.00000176. The first-order chi connectivity index (χ1) is 10.0. The zero-order valence-corrected chi connectivity index (χ0v) is 13.8. The maximum absolute atomic E-state index is 12.4. The van der Waals surface area contributed by atoms with E-state index in [1.165, 1.54) is 6.20 Å². The largest absolute Gasteiger partial charge is 0.336 e. The lowest BCUT2D eigenvalue weighted by atomic mass is 10.2. The molecule has 0 radical (unpaired) electrons. The summed E-state index contributed by atoms with van der Waals surface area (Å²) in [5.74, 6) is 0.350. The van der Waals surface area contributed by atoms with Crippen LogP contribution >= 0.6 is 12.4 Å². The van der Waals surface area contributed by atoms with E-state index in [2.05, 4.69) is 14.9 Å². The van der Waals surface area contributed by atoms with Gasteiger partial charge in [0.25, 0.3) is 5.71 Å². The highest BCUT2D eigenvalue weighted by Gasteiger charge is 2.33. The molecule has 1 aliphatic rings. The van der Waals surface area contributed by atoms with Crippen LogP contribution in [0, 0.1) is 5.92 Å². The molecule has 0 spiro atoms. The first-order valence-corrected chi connectivity index (χ1v) is 8.50. The summed E-state index contributed by atoms with van der Waals surface area (Å²) in [6.07, 6.45) is 3.98. The molecule has 122 valence electrons. The number of halogens is 1. The topological polar surface area (TPSA) is 111 Å². The van der Waals surface area contributed by atoms with Gasteiger partial charge in [-0.3, -0.25) is 0 Å². The van der Waals surface area contributed by atoms with Gasteiger partial charge in [0.2, 0.25) is 10.0 Å². The number of nitrogens with two attached hydrogens (primary N) is 1. The number of pyridine rings is 1. The number of hydrogen-bond acceptors (Lipinski definition) is 6. The zero-order valence-electron chi connectivity index (χ0n) is 12.2. The first kappa shape index (κ1) is 17.1. The van der Waals surface area contributed by atoms with E-state index in [0.29, 0.717) is 35.7 Å². The number of nitrogens with one attached hydrogen (secondary N) is 1. The summed E-state index contributed by atoms with van der Waals surface area (Å²) in [5, 5.41) is 4.51. The van der Waals surface area contributed by atoms with Crippen molar-refractivity contribution < 1.29 is 12.9 Å². The number of aromatic nitrogens is 2. The Kier molecular flexibility index (Phi) is 5.06. The van der Waals surface area contributed by atoms with Gasteiger partial charge in [0, 0.05) is 12.6 Å². The van der Waals surface area contributed by atoms with Gasteiger partial charge in [-0.25, -0.2) is 18.1 Å². The summed E-state index contributed by atoms with van der Waals surface area (Å²) < 4.78 is 32.6. The summed E-state index contributed by atoms with van der Waals surface area (Å²) in [5.41, 5.74) is 6.70. The van der Waals surface area contributed by atoms with E-state index < -0.39 is 10.0 Å². The van der Waals surface area contributed by atoms with Gasteiger partial charge < -0.3 is 10.3 Å². The minimum atomic E-state index is -3.63. The molecule has 3 rings (SSSR count). The van der Waals surface area contributed by atoms with Crippen LogP contribution < -0.4 is 10.5 Å². The molecule has 1 atom stereocenters. The quantitative estimate of drug-likeness (QED) is 0.813. The Bertz CT molecular complexity index is 758. The van der Waals surface area contributed by atoms with Gasteiger partial charge in [-0.1, -0.05) is 12.1 Å². The number of aryl methyl sites for hydroxylation is 1. The fraction of sp³-hybridized carbons (Fsp3) is 0.538. The van der Waals surface area contributed by atoms with Crippen LogP contribution in [0.2, 0.25) is 0 Å². The summed E-state index contributed by atoms with van der Waals surface area (Å²) in [4.78, 5) is 4.15. The minimum absolute atomic E-state index is 0. The van der Waals surface area contributed by atoms with Gasteiger partial charge in [0.05, 0.1) is 17.3 Å². The van der Waals surface area contributed by atoms with Crippen molar-refractivity contribution in [3.8, 4) is 0 Å². The van der Waals surface area contributed by atoms with Gasteiger partial charge in [-0.05, 0) is 31.2 Å². The van der Waals surface area contributed by atoms with E-state index in [1.807, 2.05) is 6.92 Å². The highest BCUT2D eigenvalue weighted by Crippen LogP contribution is 2.33. The van der Waals surface area contributed by atoms with E-state index >= 15 is 0 Å². The van der Waals surface area contributed by atoms with Crippen molar-refractivity contribution in [1.82, 2.24) is 14.9 Å². The molecule has 0 amide bonds. The lowest BCUT2D eigenvalue weighted by Crippen LogP contribution is -2.41. The fourth-order valence-electron chi connectivity index (χ4n) is 2.36. The van der Waals surface area contributed by atoms with Gasteiger partial charge in [0.1, 0.15) is 4.90 Å². The molecule has 9 heteroatoms. The third-order valence-corrected chi connectivity index (χ3v) is 5.23.